The number of nitrogens with two attached hydrogens (primary N) is 2. The molecular weight excluding hydrogens is 318 g/mol. The van der Waals surface area contributed by atoms with Gasteiger partial charge in [-0.3, -0.25) is 0 Å². The van der Waals surface area contributed by atoms with Crippen molar-refractivity contribution >= 4 is 33.1 Å². The van der Waals surface area contributed by atoms with E-state index in [0.717, 1.165) is 16.9 Å². The minimum absolute atomic E-state index is 0. The van der Waals surface area contributed by atoms with Crippen LogP contribution in [0.2, 0.25) is 0 Å². The number of aryl methyl sites for hydroxylation is 1. The minimum atomic E-state index is 0. The molecule has 0 unspecified atom stereocenters. The lowest BCUT2D eigenvalue weighted by Crippen LogP contribution is -3.00. The van der Waals surface area contributed by atoms with Crippen LogP contribution < -0.4 is 28.9 Å². The highest BCUT2D eigenvalue weighted by Crippen LogP contribution is 2.33. The van der Waals surface area contributed by atoms with Crippen LogP contribution in [-0.4, -0.2) is 0 Å². The topological polar surface area (TPSA) is 66.2 Å². The first-order chi connectivity index (χ1) is 11.1. The van der Waals surface area contributed by atoms with Crippen molar-refractivity contribution in [2.45, 2.75) is 6.92 Å². The molecule has 0 atom stereocenters. The molecule has 4 heteroatoms. The smallest absolute Gasteiger partial charge is 0.213 e. The average Bonchev–Trinajstić information content (AvgIpc) is 2.56. The van der Waals surface area contributed by atoms with Crippen LogP contribution in [0.25, 0.3) is 32.8 Å². The number of benzene rings is 3. The molecule has 4 rings (SSSR count). The van der Waals surface area contributed by atoms with E-state index in [1.54, 1.807) is 0 Å². The summed E-state index contributed by atoms with van der Waals surface area (Å²) in [4.78, 5) is 3.33. The maximum absolute atomic E-state index is 5.91. The molecule has 0 spiro atoms. The fourth-order valence-corrected chi connectivity index (χ4v) is 3.24. The summed E-state index contributed by atoms with van der Waals surface area (Å²) < 4.78 is 0. The number of nitrogens with one attached hydrogen (secondary N) is 1. The van der Waals surface area contributed by atoms with E-state index in [4.69, 9.17) is 11.5 Å². The Morgan fingerprint density at radius 1 is 0.833 bits per heavy atom. The molecule has 0 bridgehead atoms. The van der Waals surface area contributed by atoms with Crippen molar-refractivity contribution in [2.24, 2.45) is 0 Å². The first-order valence-electron chi connectivity index (χ1n) is 7.62. The van der Waals surface area contributed by atoms with Crippen molar-refractivity contribution in [3.8, 4) is 11.1 Å². The molecule has 0 amide bonds. The van der Waals surface area contributed by atoms with Gasteiger partial charge < -0.3 is 23.9 Å². The molecule has 1 heterocycles. The highest BCUT2D eigenvalue weighted by Gasteiger charge is 2.12. The number of nitrogen functional groups attached to an aromatic ring is 2. The monoisotopic (exact) mass is 335 g/mol. The zero-order chi connectivity index (χ0) is 16.0. The fourth-order valence-electron chi connectivity index (χ4n) is 3.24. The molecule has 3 nitrogen and oxygen atoms in total. The van der Waals surface area contributed by atoms with E-state index in [0.29, 0.717) is 0 Å². The summed E-state index contributed by atoms with van der Waals surface area (Å²) in [5.74, 6) is 0. The summed E-state index contributed by atoms with van der Waals surface area (Å²) in [6.07, 6.45) is 2.04. The zero-order valence-corrected chi connectivity index (χ0v) is 14.1. The van der Waals surface area contributed by atoms with Crippen molar-refractivity contribution in [3.63, 3.8) is 0 Å². The van der Waals surface area contributed by atoms with Gasteiger partial charge in [-0.1, -0.05) is 18.2 Å². The Balaban J connectivity index is 0.00000169. The van der Waals surface area contributed by atoms with E-state index in [-0.39, 0.29) is 12.4 Å². The van der Waals surface area contributed by atoms with Gasteiger partial charge in [0.2, 0.25) is 5.52 Å². The van der Waals surface area contributed by atoms with E-state index >= 15 is 0 Å². The fraction of sp³-hybridized carbons (Fsp3) is 0.0500. The number of H-pyrrole nitrogens is 1. The summed E-state index contributed by atoms with van der Waals surface area (Å²) in [7, 11) is 0. The maximum atomic E-state index is 5.91. The highest BCUT2D eigenvalue weighted by atomic mass is 35.5. The second kappa shape index (κ2) is 6.02. The van der Waals surface area contributed by atoms with Gasteiger partial charge in [0.1, 0.15) is 0 Å². The third kappa shape index (κ3) is 2.53. The van der Waals surface area contributed by atoms with Gasteiger partial charge in [-0.05, 0) is 53.9 Å². The first kappa shape index (κ1) is 16.1. The molecule has 4 aromatic rings. The van der Waals surface area contributed by atoms with Crippen LogP contribution in [0.4, 0.5) is 11.4 Å². The Kier molecular flexibility index (Phi) is 4.04. The van der Waals surface area contributed by atoms with Crippen LogP contribution in [-0.2, 0) is 0 Å². The van der Waals surface area contributed by atoms with Crippen molar-refractivity contribution < 1.29 is 17.4 Å². The van der Waals surface area contributed by atoms with Gasteiger partial charge in [-0.2, -0.15) is 0 Å². The Morgan fingerprint density at radius 3 is 2.29 bits per heavy atom. The summed E-state index contributed by atoms with van der Waals surface area (Å²) in [6, 6.07) is 18.4. The van der Waals surface area contributed by atoms with Gasteiger partial charge in [-0.25, -0.2) is 4.98 Å². The molecule has 0 saturated heterocycles. The van der Waals surface area contributed by atoms with E-state index in [9.17, 15) is 0 Å². The van der Waals surface area contributed by atoms with E-state index in [2.05, 4.69) is 42.2 Å². The number of hydrogen-bond acceptors (Lipinski definition) is 2. The van der Waals surface area contributed by atoms with Crippen molar-refractivity contribution in [2.75, 3.05) is 11.5 Å². The van der Waals surface area contributed by atoms with Crippen LogP contribution in [0.15, 0.2) is 60.8 Å². The van der Waals surface area contributed by atoms with Crippen LogP contribution in [0.5, 0.6) is 0 Å². The van der Waals surface area contributed by atoms with Gasteiger partial charge in [0.05, 0.1) is 5.39 Å². The Morgan fingerprint density at radius 2 is 1.54 bits per heavy atom. The molecule has 0 fully saturated rings. The lowest BCUT2D eigenvalue weighted by molar-refractivity contribution is -0.342. The van der Waals surface area contributed by atoms with Crippen molar-refractivity contribution in [1.29, 1.82) is 0 Å². The van der Waals surface area contributed by atoms with E-state index in [1.807, 2.05) is 30.5 Å². The van der Waals surface area contributed by atoms with Crippen LogP contribution in [0.3, 0.4) is 0 Å². The van der Waals surface area contributed by atoms with Gasteiger partial charge in [0.25, 0.3) is 0 Å². The molecular formula is C20H18ClN3. The molecule has 0 aliphatic carbocycles. The lowest BCUT2D eigenvalue weighted by atomic mass is 9.93. The number of halogens is 1. The largest absolute Gasteiger partial charge is 1.00 e. The third-order valence-corrected chi connectivity index (χ3v) is 4.42. The Bertz CT molecular complexity index is 1040. The molecule has 0 radical (unpaired) electrons. The molecule has 1 aromatic heterocycles. The number of hydrogen-bond donors (Lipinski definition) is 2. The Hall–Kier alpha value is -2.78. The van der Waals surface area contributed by atoms with Gasteiger partial charge in [0.15, 0.2) is 6.20 Å². The summed E-state index contributed by atoms with van der Waals surface area (Å²) >= 11 is 0. The first-order valence-corrected chi connectivity index (χ1v) is 7.62. The van der Waals surface area contributed by atoms with Crippen molar-refractivity contribution in [3.05, 3.63) is 66.4 Å². The summed E-state index contributed by atoms with van der Waals surface area (Å²) in [5.41, 5.74) is 18.0. The van der Waals surface area contributed by atoms with E-state index < -0.39 is 0 Å². The zero-order valence-electron chi connectivity index (χ0n) is 13.3. The highest BCUT2D eigenvalue weighted by molar-refractivity contribution is 6.08. The lowest BCUT2D eigenvalue weighted by Gasteiger charge is -2.10. The van der Waals surface area contributed by atoms with Crippen molar-refractivity contribution in [1.82, 2.24) is 0 Å². The summed E-state index contributed by atoms with van der Waals surface area (Å²) in [5, 5.41) is 3.64. The molecule has 120 valence electrons. The maximum Gasteiger partial charge on any atom is 0.213 e. The van der Waals surface area contributed by atoms with Gasteiger partial charge >= 0.3 is 0 Å². The quantitative estimate of drug-likeness (QED) is 0.402. The number of rotatable bonds is 1. The second-order valence-electron chi connectivity index (χ2n) is 5.92. The standard InChI is InChI=1S/C20H17N3.ClH/c1-12-17(13-2-5-15(21)6-3-13)8-4-14-11-23-19-10-16(22)7-9-18(19)20(12)14;/h2-11H,21-22H2,1H3;1H. The third-order valence-electron chi connectivity index (χ3n) is 4.42. The normalized spacial score (nSPS) is 10.7. The number of anilines is 2. The van der Waals surface area contributed by atoms with Crippen LogP contribution in [0.1, 0.15) is 5.56 Å². The SMILES string of the molecule is Cc1c(-c2ccc(N)cc2)ccc2c[nH+]c3cc(N)ccc3c12.[Cl-]. The Labute approximate surface area is 146 Å². The van der Waals surface area contributed by atoms with Crippen LogP contribution in [0, 0.1) is 6.92 Å². The second-order valence-corrected chi connectivity index (χ2v) is 5.92. The molecule has 3 aromatic carbocycles. The minimum Gasteiger partial charge on any atom is -1.00 e. The van der Waals surface area contributed by atoms with E-state index in [1.165, 1.54) is 32.8 Å². The predicted octanol–water partition coefficient (Wildman–Crippen LogP) is 0.951. The van der Waals surface area contributed by atoms with Gasteiger partial charge in [-0.15, -0.1) is 0 Å². The molecule has 0 saturated carbocycles. The average molecular weight is 336 g/mol. The van der Waals surface area contributed by atoms with Gasteiger partial charge in [0, 0.05) is 28.2 Å². The molecule has 0 aliphatic heterocycles. The number of aromatic nitrogens is 1. The molecule has 24 heavy (non-hydrogen) atoms. The number of aromatic amines is 1. The molecule has 0 aliphatic rings. The summed E-state index contributed by atoms with van der Waals surface area (Å²) in [6.45, 7) is 2.17. The van der Waals surface area contributed by atoms with Crippen LogP contribution >= 0.6 is 0 Å². The number of pyridine rings is 1. The number of fused-ring (bicyclic) bond motifs is 3. The molecule has 5 N–H and O–H groups in total. The predicted molar refractivity (Wildman–Crippen MR) is 97.0 cm³/mol.